The molecule has 2 fully saturated rings. The first kappa shape index (κ1) is 18.9. The highest BCUT2D eigenvalue weighted by atomic mass is 16.2. The highest BCUT2D eigenvalue weighted by Crippen LogP contribution is 2.38. The summed E-state index contributed by atoms with van der Waals surface area (Å²) in [7, 11) is 0. The molecule has 1 saturated heterocycles. The van der Waals surface area contributed by atoms with Gasteiger partial charge in [-0.15, -0.1) is 0 Å². The van der Waals surface area contributed by atoms with Gasteiger partial charge in [-0.2, -0.15) is 0 Å². The number of hydrogen-bond donors (Lipinski definition) is 2. The van der Waals surface area contributed by atoms with Crippen molar-refractivity contribution in [3.05, 3.63) is 47.3 Å². The molecule has 1 aromatic carbocycles. The molecule has 0 bridgehead atoms. The zero-order valence-corrected chi connectivity index (χ0v) is 15.6. The molecule has 1 aromatic rings. The first-order valence-corrected chi connectivity index (χ1v) is 9.45. The molecule has 0 aromatic heterocycles. The fourth-order valence-corrected chi connectivity index (χ4v) is 3.95. The summed E-state index contributed by atoms with van der Waals surface area (Å²) in [6.07, 6.45) is 3.74. The van der Waals surface area contributed by atoms with Gasteiger partial charge in [0.15, 0.2) is 0 Å². The molecule has 1 aliphatic carbocycles. The summed E-state index contributed by atoms with van der Waals surface area (Å²) >= 11 is 0. The van der Waals surface area contributed by atoms with Crippen molar-refractivity contribution in [1.29, 1.82) is 0 Å². The molecule has 4 N–H and O–H groups in total. The SMILES string of the molecule is CCCCN1C(=O)C(=C(N)N)C(=O)N(C2CCC(c3ccccc3)C2)C1=O. The number of barbiturate groups is 1. The van der Waals surface area contributed by atoms with Crippen molar-refractivity contribution < 1.29 is 14.4 Å². The topological polar surface area (TPSA) is 110 Å². The van der Waals surface area contributed by atoms with Crippen molar-refractivity contribution in [2.75, 3.05) is 6.54 Å². The lowest BCUT2D eigenvalue weighted by Crippen LogP contribution is -2.60. The number of benzene rings is 1. The third kappa shape index (κ3) is 3.54. The maximum atomic E-state index is 13.0. The zero-order valence-electron chi connectivity index (χ0n) is 15.6. The van der Waals surface area contributed by atoms with E-state index in [1.807, 2.05) is 25.1 Å². The Morgan fingerprint density at radius 3 is 2.41 bits per heavy atom. The smallest absolute Gasteiger partial charge is 0.334 e. The summed E-state index contributed by atoms with van der Waals surface area (Å²) in [6, 6.07) is 9.25. The van der Waals surface area contributed by atoms with Crippen LogP contribution in [0.15, 0.2) is 41.7 Å². The highest BCUT2D eigenvalue weighted by molar-refractivity contribution is 6.29. The summed E-state index contributed by atoms with van der Waals surface area (Å²) in [4.78, 5) is 40.7. The van der Waals surface area contributed by atoms with Crippen LogP contribution in [0.2, 0.25) is 0 Å². The van der Waals surface area contributed by atoms with Gasteiger partial charge in [-0.25, -0.2) is 4.79 Å². The van der Waals surface area contributed by atoms with E-state index in [2.05, 4.69) is 12.1 Å². The number of nitrogens with two attached hydrogens (primary N) is 2. The number of rotatable bonds is 5. The maximum Gasteiger partial charge on any atom is 0.334 e. The molecule has 0 spiro atoms. The first-order valence-electron chi connectivity index (χ1n) is 9.45. The molecular weight excluding hydrogens is 344 g/mol. The molecule has 1 aliphatic heterocycles. The molecule has 4 amide bonds. The van der Waals surface area contributed by atoms with Gasteiger partial charge in [0.05, 0.1) is 0 Å². The van der Waals surface area contributed by atoms with Crippen LogP contribution in [-0.2, 0) is 9.59 Å². The molecule has 3 rings (SSSR count). The predicted octanol–water partition coefficient (Wildman–Crippen LogP) is 2.04. The van der Waals surface area contributed by atoms with Crippen LogP contribution in [0.4, 0.5) is 4.79 Å². The van der Waals surface area contributed by atoms with E-state index in [0.29, 0.717) is 19.3 Å². The van der Waals surface area contributed by atoms with Crippen LogP contribution in [0.1, 0.15) is 50.5 Å². The Morgan fingerprint density at radius 1 is 1.07 bits per heavy atom. The van der Waals surface area contributed by atoms with Gasteiger partial charge in [0.1, 0.15) is 11.4 Å². The molecular formula is C20H26N4O3. The fraction of sp³-hybridized carbons (Fsp3) is 0.450. The largest absolute Gasteiger partial charge is 0.385 e. The Hall–Kier alpha value is -2.83. The van der Waals surface area contributed by atoms with Gasteiger partial charge in [-0.1, -0.05) is 43.7 Å². The van der Waals surface area contributed by atoms with E-state index in [9.17, 15) is 14.4 Å². The van der Waals surface area contributed by atoms with Crippen molar-refractivity contribution in [1.82, 2.24) is 9.80 Å². The molecule has 7 nitrogen and oxygen atoms in total. The van der Waals surface area contributed by atoms with Gasteiger partial charge in [0.25, 0.3) is 11.8 Å². The maximum absolute atomic E-state index is 13.0. The number of amides is 4. The van der Waals surface area contributed by atoms with Crippen molar-refractivity contribution in [3.63, 3.8) is 0 Å². The minimum atomic E-state index is -0.688. The highest BCUT2D eigenvalue weighted by Gasteiger charge is 2.47. The van der Waals surface area contributed by atoms with E-state index < -0.39 is 17.8 Å². The Labute approximate surface area is 159 Å². The number of carbonyl (C=O) groups excluding carboxylic acids is 3. The quantitative estimate of drug-likeness (QED) is 0.609. The monoisotopic (exact) mass is 370 g/mol. The number of urea groups is 1. The summed E-state index contributed by atoms with van der Waals surface area (Å²) in [5.74, 6) is -1.41. The van der Waals surface area contributed by atoms with Crippen molar-refractivity contribution >= 4 is 17.8 Å². The standard InChI is InChI=1S/C20H26N4O3/c1-2-3-11-23-18(25)16(17(21)22)19(26)24(20(23)27)15-10-9-14(12-15)13-7-5-4-6-8-13/h4-8,14-15H,2-3,9-12,21-22H2,1H3. The second kappa shape index (κ2) is 7.82. The normalized spacial score (nSPS) is 23.3. The lowest BCUT2D eigenvalue weighted by Gasteiger charge is -2.37. The summed E-state index contributed by atoms with van der Waals surface area (Å²) in [5.41, 5.74) is 12.1. The Kier molecular flexibility index (Phi) is 5.48. The molecule has 1 saturated carbocycles. The van der Waals surface area contributed by atoms with E-state index in [4.69, 9.17) is 11.5 Å². The van der Waals surface area contributed by atoms with Gasteiger partial charge >= 0.3 is 6.03 Å². The lowest BCUT2D eigenvalue weighted by molar-refractivity contribution is -0.137. The van der Waals surface area contributed by atoms with Gasteiger partial charge in [0, 0.05) is 12.6 Å². The summed E-state index contributed by atoms with van der Waals surface area (Å²) in [5, 5.41) is 0. The van der Waals surface area contributed by atoms with E-state index in [1.54, 1.807) is 0 Å². The Balaban J connectivity index is 1.87. The molecule has 2 unspecified atom stereocenters. The van der Waals surface area contributed by atoms with Crippen LogP contribution < -0.4 is 11.5 Å². The zero-order chi connectivity index (χ0) is 19.6. The Bertz CT molecular complexity index is 771. The second-order valence-corrected chi connectivity index (χ2v) is 7.17. The number of hydrogen-bond acceptors (Lipinski definition) is 5. The van der Waals surface area contributed by atoms with Crippen molar-refractivity contribution in [2.24, 2.45) is 11.5 Å². The van der Waals surface area contributed by atoms with Gasteiger partial charge in [-0.05, 0) is 37.2 Å². The molecule has 7 heteroatoms. The molecule has 2 atom stereocenters. The summed E-state index contributed by atoms with van der Waals surface area (Å²) < 4.78 is 0. The molecule has 1 heterocycles. The molecule has 0 radical (unpaired) electrons. The van der Waals surface area contributed by atoms with Crippen molar-refractivity contribution in [3.8, 4) is 0 Å². The summed E-state index contributed by atoms with van der Waals surface area (Å²) in [6.45, 7) is 2.22. The van der Waals surface area contributed by atoms with E-state index in [-0.39, 0.29) is 29.9 Å². The molecule has 2 aliphatic rings. The van der Waals surface area contributed by atoms with E-state index >= 15 is 0 Å². The van der Waals surface area contributed by atoms with Gasteiger partial charge in [0.2, 0.25) is 0 Å². The minimum absolute atomic E-state index is 0.254. The van der Waals surface area contributed by atoms with Crippen LogP contribution in [0.3, 0.4) is 0 Å². The first-order chi connectivity index (χ1) is 13.0. The third-order valence-electron chi connectivity index (χ3n) is 5.39. The van der Waals surface area contributed by atoms with Crippen LogP contribution >= 0.6 is 0 Å². The van der Waals surface area contributed by atoms with Gasteiger partial charge in [-0.3, -0.25) is 19.4 Å². The number of carbonyl (C=O) groups is 3. The predicted molar refractivity (Wildman–Crippen MR) is 101 cm³/mol. The molecule has 27 heavy (non-hydrogen) atoms. The number of imide groups is 2. The van der Waals surface area contributed by atoms with E-state index in [0.717, 1.165) is 17.7 Å². The number of nitrogens with zero attached hydrogens (tertiary/aromatic N) is 2. The fourth-order valence-electron chi connectivity index (χ4n) is 3.95. The van der Waals surface area contributed by atoms with Crippen LogP contribution in [-0.4, -0.2) is 40.2 Å². The van der Waals surface area contributed by atoms with Gasteiger partial charge < -0.3 is 11.5 Å². The lowest BCUT2D eigenvalue weighted by atomic mass is 9.97. The van der Waals surface area contributed by atoms with Crippen molar-refractivity contribution in [2.45, 2.75) is 51.0 Å². The van der Waals surface area contributed by atoms with E-state index in [1.165, 1.54) is 10.5 Å². The van der Waals surface area contributed by atoms with Crippen LogP contribution in [0.25, 0.3) is 0 Å². The molecule has 144 valence electrons. The number of unbranched alkanes of at least 4 members (excludes halogenated alkanes) is 1. The minimum Gasteiger partial charge on any atom is -0.385 e. The van der Waals surface area contributed by atoms with Crippen LogP contribution in [0, 0.1) is 0 Å². The Morgan fingerprint density at radius 2 is 1.78 bits per heavy atom. The van der Waals surface area contributed by atoms with Crippen LogP contribution in [0.5, 0.6) is 0 Å². The average molecular weight is 370 g/mol. The second-order valence-electron chi connectivity index (χ2n) is 7.17. The third-order valence-corrected chi connectivity index (χ3v) is 5.39. The average Bonchev–Trinajstić information content (AvgIpc) is 3.11.